The van der Waals surface area contributed by atoms with Crippen LogP contribution in [-0.2, 0) is 4.79 Å². The Bertz CT molecular complexity index is 1820. The molecule has 5 rings (SSSR count). The summed E-state index contributed by atoms with van der Waals surface area (Å²) in [6.45, 7) is 0. The Hall–Kier alpha value is -4.37. The van der Waals surface area contributed by atoms with E-state index in [0.717, 1.165) is 10.9 Å². The van der Waals surface area contributed by atoms with E-state index in [1.165, 1.54) is 19.3 Å². The van der Waals surface area contributed by atoms with Crippen molar-refractivity contribution in [1.29, 1.82) is 0 Å². The SMILES string of the molecule is COc1cc(NC(=S)NC(=O)/C=C/c2ccc(-c3cc(Cl)cc(Cl)c3)o2)ccc1-c1cc2ccccc2oc1=O. The predicted octanol–water partition coefficient (Wildman–Crippen LogP) is 7.56. The highest BCUT2D eigenvalue weighted by atomic mass is 35.5. The predicted molar refractivity (Wildman–Crippen MR) is 162 cm³/mol. The van der Waals surface area contributed by atoms with Crippen molar-refractivity contribution in [2.75, 3.05) is 12.4 Å². The Kier molecular flexibility index (Phi) is 8.02. The van der Waals surface area contributed by atoms with Crippen LogP contribution in [0.15, 0.2) is 98.6 Å². The van der Waals surface area contributed by atoms with Crippen LogP contribution in [-0.4, -0.2) is 18.1 Å². The van der Waals surface area contributed by atoms with Gasteiger partial charge in [-0.25, -0.2) is 4.79 Å². The van der Waals surface area contributed by atoms with Gasteiger partial charge in [0.25, 0.3) is 0 Å². The maximum Gasteiger partial charge on any atom is 0.344 e. The smallest absolute Gasteiger partial charge is 0.344 e. The third kappa shape index (κ3) is 6.26. The van der Waals surface area contributed by atoms with Gasteiger partial charge in [-0.2, -0.15) is 0 Å². The zero-order valence-electron chi connectivity index (χ0n) is 20.9. The van der Waals surface area contributed by atoms with E-state index in [1.54, 1.807) is 66.7 Å². The van der Waals surface area contributed by atoms with Crippen molar-refractivity contribution < 1.29 is 18.4 Å². The quantitative estimate of drug-likeness (QED) is 0.120. The Labute approximate surface area is 244 Å². The Balaban J connectivity index is 1.24. The summed E-state index contributed by atoms with van der Waals surface area (Å²) in [5, 5.41) is 7.36. The molecule has 2 N–H and O–H groups in total. The molecule has 0 fully saturated rings. The molecule has 40 heavy (non-hydrogen) atoms. The highest BCUT2D eigenvalue weighted by Crippen LogP contribution is 2.32. The minimum atomic E-state index is -0.479. The molecule has 2 aromatic heterocycles. The summed E-state index contributed by atoms with van der Waals surface area (Å²) < 4.78 is 16.7. The van der Waals surface area contributed by atoms with Crippen LogP contribution in [0.2, 0.25) is 10.0 Å². The summed E-state index contributed by atoms with van der Waals surface area (Å²) in [4.78, 5) is 25.0. The third-order valence-electron chi connectivity index (χ3n) is 5.80. The number of rotatable bonds is 6. The summed E-state index contributed by atoms with van der Waals surface area (Å²) >= 11 is 17.4. The lowest BCUT2D eigenvalue weighted by Crippen LogP contribution is -2.32. The zero-order valence-corrected chi connectivity index (χ0v) is 23.2. The molecule has 0 saturated carbocycles. The fourth-order valence-corrected chi connectivity index (χ4v) is 4.75. The van der Waals surface area contributed by atoms with Crippen molar-refractivity contribution in [2.24, 2.45) is 0 Å². The van der Waals surface area contributed by atoms with Crippen LogP contribution in [0.4, 0.5) is 5.69 Å². The van der Waals surface area contributed by atoms with Gasteiger partial charge in [0.15, 0.2) is 5.11 Å². The molecular formula is C30H20Cl2N2O5S. The van der Waals surface area contributed by atoms with Crippen LogP contribution in [0.5, 0.6) is 5.75 Å². The number of methoxy groups -OCH3 is 1. The Morgan fingerprint density at radius 2 is 1.70 bits per heavy atom. The number of carbonyl (C=O) groups is 1. The number of thiocarbonyl (C=S) groups is 1. The number of nitrogens with one attached hydrogen (secondary N) is 2. The first-order valence-corrected chi connectivity index (χ1v) is 13.0. The number of benzene rings is 3. The lowest BCUT2D eigenvalue weighted by atomic mass is 10.0. The van der Waals surface area contributed by atoms with Crippen molar-refractivity contribution in [3.8, 4) is 28.2 Å². The highest BCUT2D eigenvalue weighted by Gasteiger charge is 2.14. The van der Waals surface area contributed by atoms with Crippen molar-refractivity contribution >= 4 is 69.2 Å². The molecule has 0 aliphatic carbocycles. The minimum absolute atomic E-state index is 0.0726. The molecule has 1 amide bonds. The molecule has 0 unspecified atom stereocenters. The minimum Gasteiger partial charge on any atom is -0.496 e. The topological polar surface area (TPSA) is 93.7 Å². The van der Waals surface area contributed by atoms with Crippen LogP contribution in [0.25, 0.3) is 39.5 Å². The van der Waals surface area contributed by atoms with E-state index in [0.29, 0.717) is 49.7 Å². The summed E-state index contributed by atoms with van der Waals surface area (Å²) in [5.41, 5.74) is 2.21. The number of ether oxygens (including phenoxy) is 1. The molecule has 3 aromatic carbocycles. The van der Waals surface area contributed by atoms with Crippen LogP contribution >= 0.6 is 35.4 Å². The van der Waals surface area contributed by atoms with Crippen LogP contribution in [0.3, 0.4) is 0 Å². The zero-order chi connectivity index (χ0) is 28.2. The first kappa shape index (κ1) is 27.2. The number of hydrogen-bond donors (Lipinski definition) is 2. The van der Waals surface area contributed by atoms with Crippen molar-refractivity contribution in [2.45, 2.75) is 0 Å². The van der Waals surface area contributed by atoms with Crippen molar-refractivity contribution in [3.05, 3.63) is 111 Å². The van der Waals surface area contributed by atoms with Crippen LogP contribution < -0.4 is 21.0 Å². The largest absolute Gasteiger partial charge is 0.496 e. The number of fused-ring (bicyclic) bond motifs is 1. The molecule has 0 spiro atoms. The molecule has 0 aliphatic heterocycles. The summed E-state index contributed by atoms with van der Waals surface area (Å²) in [6, 6.07) is 22.7. The second-order valence-electron chi connectivity index (χ2n) is 8.54. The fraction of sp³-hybridized carbons (Fsp3) is 0.0333. The van der Waals surface area contributed by atoms with Crippen LogP contribution in [0.1, 0.15) is 5.76 Å². The third-order valence-corrected chi connectivity index (χ3v) is 6.44. The van der Waals surface area contributed by atoms with Gasteiger partial charge in [-0.05, 0) is 72.9 Å². The van der Waals surface area contributed by atoms with Gasteiger partial charge >= 0.3 is 5.63 Å². The number of furan rings is 1. The molecule has 200 valence electrons. The van der Waals surface area contributed by atoms with E-state index in [4.69, 9.17) is 49.0 Å². The molecule has 0 bridgehead atoms. The molecule has 0 aliphatic rings. The van der Waals surface area contributed by atoms with Crippen LogP contribution in [0, 0.1) is 0 Å². The maximum atomic E-state index is 12.6. The monoisotopic (exact) mass is 590 g/mol. The normalized spacial score (nSPS) is 11.1. The second-order valence-corrected chi connectivity index (χ2v) is 9.82. The van der Waals surface area contributed by atoms with E-state index in [9.17, 15) is 9.59 Å². The average Bonchev–Trinajstić information content (AvgIpc) is 3.40. The fourth-order valence-electron chi connectivity index (χ4n) is 4.01. The van der Waals surface area contributed by atoms with Gasteiger partial charge in [0.05, 0.1) is 12.7 Å². The number of hydrogen-bond acceptors (Lipinski definition) is 6. The molecule has 2 heterocycles. The Morgan fingerprint density at radius 1 is 0.925 bits per heavy atom. The lowest BCUT2D eigenvalue weighted by molar-refractivity contribution is -0.115. The summed E-state index contributed by atoms with van der Waals surface area (Å²) in [6.07, 6.45) is 2.81. The van der Waals surface area contributed by atoms with Gasteiger partial charge in [0.2, 0.25) is 5.91 Å². The van der Waals surface area contributed by atoms with Gasteiger partial charge in [0.1, 0.15) is 22.9 Å². The van der Waals surface area contributed by atoms with E-state index >= 15 is 0 Å². The van der Waals surface area contributed by atoms with Gasteiger partial charge in [-0.1, -0.05) is 41.4 Å². The van der Waals surface area contributed by atoms with E-state index < -0.39 is 11.5 Å². The van der Waals surface area contributed by atoms with E-state index in [1.807, 2.05) is 12.1 Å². The average molecular weight is 591 g/mol. The molecule has 7 nitrogen and oxygen atoms in total. The molecular weight excluding hydrogens is 571 g/mol. The standard InChI is InChI=1S/C30H20Cl2N2O5S/c1-37-27-16-21(6-9-23(27)24-14-17-4-2-3-5-25(17)39-29(24)36)33-30(40)34-28(35)11-8-22-7-10-26(38-22)18-12-19(31)15-20(32)13-18/h2-16H,1H3,(H2,33,34,35,40)/b11-8+. The molecule has 10 heteroatoms. The molecule has 0 radical (unpaired) electrons. The lowest BCUT2D eigenvalue weighted by Gasteiger charge is -2.13. The summed E-state index contributed by atoms with van der Waals surface area (Å²) in [7, 11) is 1.50. The Morgan fingerprint density at radius 3 is 2.48 bits per heavy atom. The number of halogens is 2. The number of carbonyl (C=O) groups excluding carboxylic acids is 1. The van der Waals surface area contributed by atoms with E-state index in [-0.39, 0.29) is 5.11 Å². The van der Waals surface area contributed by atoms with Gasteiger partial charge < -0.3 is 18.9 Å². The van der Waals surface area contributed by atoms with Gasteiger partial charge in [-0.3, -0.25) is 10.1 Å². The first-order valence-electron chi connectivity index (χ1n) is 11.9. The number of para-hydroxylation sites is 1. The van der Waals surface area contributed by atoms with Gasteiger partial charge in [-0.15, -0.1) is 0 Å². The number of amides is 1. The highest BCUT2D eigenvalue weighted by molar-refractivity contribution is 7.80. The second kappa shape index (κ2) is 11.8. The number of anilines is 1. The first-order chi connectivity index (χ1) is 19.3. The molecule has 0 atom stereocenters. The molecule has 5 aromatic rings. The van der Waals surface area contributed by atoms with Crippen molar-refractivity contribution in [3.63, 3.8) is 0 Å². The summed E-state index contributed by atoms with van der Waals surface area (Å²) in [5.74, 6) is 0.981. The maximum absolute atomic E-state index is 12.6. The van der Waals surface area contributed by atoms with Gasteiger partial charge in [0, 0.05) is 44.4 Å². The van der Waals surface area contributed by atoms with E-state index in [2.05, 4.69) is 10.6 Å². The van der Waals surface area contributed by atoms with Crippen molar-refractivity contribution in [1.82, 2.24) is 5.32 Å². The molecule has 0 saturated heterocycles.